The van der Waals surface area contributed by atoms with Crippen LogP contribution in [0.1, 0.15) is 45.2 Å². The van der Waals surface area contributed by atoms with Gasteiger partial charge in [-0.3, -0.25) is 4.90 Å². The SMILES string of the molecule is CC(C)CCCN1CC(C)NCC1c1ccccc1. The van der Waals surface area contributed by atoms with Crippen molar-refractivity contribution in [2.24, 2.45) is 5.92 Å². The third kappa shape index (κ3) is 4.32. The molecule has 2 unspecified atom stereocenters. The van der Waals surface area contributed by atoms with Crippen molar-refractivity contribution in [3.05, 3.63) is 35.9 Å². The predicted molar refractivity (Wildman–Crippen MR) is 82.3 cm³/mol. The molecule has 0 aromatic heterocycles. The van der Waals surface area contributed by atoms with Gasteiger partial charge in [0.25, 0.3) is 0 Å². The lowest BCUT2D eigenvalue weighted by Crippen LogP contribution is -2.51. The molecule has 1 aromatic carbocycles. The number of piperazine rings is 1. The number of benzene rings is 1. The van der Waals surface area contributed by atoms with Crippen LogP contribution in [0.4, 0.5) is 0 Å². The average Bonchev–Trinajstić information content (AvgIpc) is 2.39. The summed E-state index contributed by atoms with van der Waals surface area (Å²) in [6.07, 6.45) is 2.65. The van der Waals surface area contributed by atoms with E-state index in [0.29, 0.717) is 12.1 Å². The summed E-state index contributed by atoms with van der Waals surface area (Å²) in [6.45, 7) is 10.4. The molecule has 2 rings (SSSR count). The molecule has 1 fully saturated rings. The van der Waals surface area contributed by atoms with Gasteiger partial charge in [-0.2, -0.15) is 0 Å². The first-order valence-electron chi connectivity index (χ1n) is 7.69. The van der Waals surface area contributed by atoms with Crippen LogP contribution >= 0.6 is 0 Å². The summed E-state index contributed by atoms with van der Waals surface area (Å²) < 4.78 is 0. The molecule has 0 amide bonds. The van der Waals surface area contributed by atoms with E-state index < -0.39 is 0 Å². The lowest BCUT2D eigenvalue weighted by Gasteiger charge is -2.39. The van der Waals surface area contributed by atoms with Gasteiger partial charge in [0.15, 0.2) is 0 Å². The van der Waals surface area contributed by atoms with E-state index >= 15 is 0 Å². The molecule has 106 valence electrons. The van der Waals surface area contributed by atoms with Crippen molar-refractivity contribution in [2.45, 2.75) is 45.7 Å². The Labute approximate surface area is 118 Å². The molecule has 2 atom stereocenters. The second-order valence-corrected chi connectivity index (χ2v) is 6.27. The Kier molecular flexibility index (Phi) is 5.41. The molecule has 0 radical (unpaired) electrons. The zero-order valence-corrected chi connectivity index (χ0v) is 12.6. The van der Waals surface area contributed by atoms with Crippen molar-refractivity contribution in [1.29, 1.82) is 0 Å². The van der Waals surface area contributed by atoms with E-state index in [0.717, 1.165) is 19.0 Å². The van der Waals surface area contributed by atoms with Crippen molar-refractivity contribution in [1.82, 2.24) is 10.2 Å². The van der Waals surface area contributed by atoms with Crippen LogP contribution in [0.3, 0.4) is 0 Å². The fourth-order valence-electron chi connectivity index (χ4n) is 2.94. The average molecular weight is 260 g/mol. The van der Waals surface area contributed by atoms with E-state index in [1.165, 1.54) is 24.9 Å². The molecule has 2 nitrogen and oxygen atoms in total. The van der Waals surface area contributed by atoms with E-state index in [4.69, 9.17) is 0 Å². The van der Waals surface area contributed by atoms with Gasteiger partial charge in [-0.1, -0.05) is 44.2 Å². The minimum atomic E-state index is 0.546. The predicted octanol–water partition coefficient (Wildman–Crippen LogP) is 3.46. The smallest absolute Gasteiger partial charge is 0.0473 e. The van der Waals surface area contributed by atoms with Crippen LogP contribution in [0.15, 0.2) is 30.3 Å². The fraction of sp³-hybridized carbons (Fsp3) is 0.647. The van der Waals surface area contributed by atoms with Crippen LogP contribution in [0.2, 0.25) is 0 Å². The highest BCUT2D eigenvalue weighted by atomic mass is 15.2. The van der Waals surface area contributed by atoms with E-state index in [-0.39, 0.29) is 0 Å². The number of hydrogen-bond donors (Lipinski definition) is 1. The lowest BCUT2D eigenvalue weighted by atomic mass is 10.00. The van der Waals surface area contributed by atoms with Crippen LogP contribution in [-0.2, 0) is 0 Å². The summed E-state index contributed by atoms with van der Waals surface area (Å²) in [5.41, 5.74) is 1.45. The minimum absolute atomic E-state index is 0.546. The van der Waals surface area contributed by atoms with Crippen molar-refractivity contribution >= 4 is 0 Å². The first kappa shape index (κ1) is 14.5. The highest BCUT2D eigenvalue weighted by Crippen LogP contribution is 2.24. The van der Waals surface area contributed by atoms with Gasteiger partial charge < -0.3 is 5.32 Å². The first-order valence-corrected chi connectivity index (χ1v) is 7.69. The molecule has 0 saturated carbocycles. The Morgan fingerprint density at radius 2 is 2.00 bits per heavy atom. The van der Waals surface area contributed by atoms with E-state index in [1.807, 2.05) is 0 Å². The second-order valence-electron chi connectivity index (χ2n) is 6.27. The monoisotopic (exact) mass is 260 g/mol. The quantitative estimate of drug-likeness (QED) is 0.872. The summed E-state index contributed by atoms with van der Waals surface area (Å²) >= 11 is 0. The molecule has 1 saturated heterocycles. The second kappa shape index (κ2) is 7.06. The standard InChI is InChI=1S/C17H28N2/c1-14(2)8-7-11-19-13-15(3)18-12-17(19)16-9-5-4-6-10-16/h4-6,9-10,14-15,17-18H,7-8,11-13H2,1-3H3. The van der Waals surface area contributed by atoms with Crippen LogP contribution < -0.4 is 5.32 Å². The maximum Gasteiger partial charge on any atom is 0.0473 e. The minimum Gasteiger partial charge on any atom is -0.311 e. The molecule has 1 N–H and O–H groups in total. The Bertz CT molecular complexity index is 361. The third-order valence-corrected chi connectivity index (χ3v) is 4.02. The molecule has 0 spiro atoms. The Balaban J connectivity index is 1.98. The van der Waals surface area contributed by atoms with E-state index in [1.54, 1.807) is 0 Å². The number of hydrogen-bond acceptors (Lipinski definition) is 2. The molecular weight excluding hydrogens is 232 g/mol. The van der Waals surface area contributed by atoms with Gasteiger partial charge in [0, 0.05) is 25.2 Å². The summed E-state index contributed by atoms with van der Waals surface area (Å²) in [4.78, 5) is 2.67. The zero-order valence-electron chi connectivity index (χ0n) is 12.6. The van der Waals surface area contributed by atoms with Gasteiger partial charge in [0.1, 0.15) is 0 Å². The van der Waals surface area contributed by atoms with Gasteiger partial charge in [-0.15, -0.1) is 0 Å². The summed E-state index contributed by atoms with van der Waals surface area (Å²) in [6, 6.07) is 12.1. The third-order valence-electron chi connectivity index (χ3n) is 4.02. The number of rotatable bonds is 5. The van der Waals surface area contributed by atoms with E-state index in [9.17, 15) is 0 Å². The van der Waals surface area contributed by atoms with Crippen molar-refractivity contribution in [2.75, 3.05) is 19.6 Å². The Hall–Kier alpha value is -0.860. The van der Waals surface area contributed by atoms with Gasteiger partial charge in [0.05, 0.1) is 0 Å². The molecule has 1 aliphatic rings. The molecule has 1 aromatic rings. The molecule has 2 heteroatoms. The number of nitrogens with one attached hydrogen (secondary N) is 1. The fourth-order valence-corrected chi connectivity index (χ4v) is 2.94. The highest BCUT2D eigenvalue weighted by Gasteiger charge is 2.26. The normalized spacial score (nSPS) is 24.8. The Morgan fingerprint density at radius 3 is 2.68 bits per heavy atom. The van der Waals surface area contributed by atoms with E-state index in [2.05, 4.69) is 61.3 Å². The molecule has 1 aliphatic heterocycles. The maximum atomic E-state index is 3.62. The van der Waals surface area contributed by atoms with Crippen molar-refractivity contribution in [3.8, 4) is 0 Å². The molecule has 1 heterocycles. The van der Waals surface area contributed by atoms with Crippen LogP contribution in [-0.4, -0.2) is 30.6 Å². The summed E-state index contributed by atoms with van der Waals surface area (Å²) in [5.74, 6) is 0.815. The summed E-state index contributed by atoms with van der Waals surface area (Å²) in [7, 11) is 0. The summed E-state index contributed by atoms with van der Waals surface area (Å²) in [5, 5.41) is 3.62. The molecule has 0 bridgehead atoms. The first-order chi connectivity index (χ1) is 9.16. The molecule has 19 heavy (non-hydrogen) atoms. The number of nitrogens with zero attached hydrogens (tertiary/aromatic N) is 1. The van der Waals surface area contributed by atoms with Gasteiger partial charge in [0.2, 0.25) is 0 Å². The molecule has 0 aliphatic carbocycles. The van der Waals surface area contributed by atoms with Crippen molar-refractivity contribution < 1.29 is 0 Å². The van der Waals surface area contributed by atoms with Gasteiger partial charge in [-0.05, 0) is 37.8 Å². The topological polar surface area (TPSA) is 15.3 Å². The van der Waals surface area contributed by atoms with Crippen LogP contribution in [0, 0.1) is 5.92 Å². The highest BCUT2D eigenvalue weighted by molar-refractivity contribution is 5.20. The maximum absolute atomic E-state index is 3.62. The van der Waals surface area contributed by atoms with Gasteiger partial charge in [-0.25, -0.2) is 0 Å². The Morgan fingerprint density at radius 1 is 1.26 bits per heavy atom. The molecular formula is C17H28N2. The zero-order chi connectivity index (χ0) is 13.7. The van der Waals surface area contributed by atoms with Crippen LogP contribution in [0.25, 0.3) is 0 Å². The lowest BCUT2D eigenvalue weighted by molar-refractivity contribution is 0.131. The van der Waals surface area contributed by atoms with Crippen LogP contribution in [0.5, 0.6) is 0 Å². The largest absolute Gasteiger partial charge is 0.311 e. The van der Waals surface area contributed by atoms with Gasteiger partial charge >= 0.3 is 0 Å². The van der Waals surface area contributed by atoms with Crippen molar-refractivity contribution in [3.63, 3.8) is 0 Å².